The molecule has 0 aliphatic carbocycles. The second-order valence-electron chi connectivity index (χ2n) is 13.5. The molecule has 4 rings (SSSR count). The number of carbonyl (C=O) groups excluding carboxylic acids is 5. The fraction of sp³-hybridized carbons (Fsp3) is 0.410. The summed E-state index contributed by atoms with van der Waals surface area (Å²) in [6.07, 6.45) is 1.25. The number of ether oxygens (including phenoxy) is 2. The molecule has 1 aliphatic heterocycles. The molecule has 1 heterocycles. The van der Waals surface area contributed by atoms with Crippen LogP contribution in [0.2, 0.25) is 0 Å². The van der Waals surface area contributed by atoms with Crippen LogP contribution in [0, 0.1) is 0 Å². The third kappa shape index (κ3) is 12.3. The molecular weight excluding hydrogens is 650 g/mol. The molecule has 272 valence electrons. The summed E-state index contributed by atoms with van der Waals surface area (Å²) < 4.78 is 11.6. The van der Waals surface area contributed by atoms with Crippen LogP contribution in [0.1, 0.15) is 50.3 Å². The van der Waals surface area contributed by atoms with E-state index in [0.717, 1.165) is 16.7 Å². The molecule has 1 saturated heterocycles. The zero-order valence-corrected chi connectivity index (χ0v) is 29.5. The second-order valence-corrected chi connectivity index (χ2v) is 13.5. The maximum Gasteiger partial charge on any atom is 0.329 e. The number of likely N-dealkylation sites (tertiary alicyclic amines) is 1. The van der Waals surface area contributed by atoms with Gasteiger partial charge in [-0.15, -0.1) is 0 Å². The molecule has 0 radical (unpaired) electrons. The number of carbonyl (C=O) groups is 5. The van der Waals surface area contributed by atoms with Crippen molar-refractivity contribution in [3.8, 4) is 0 Å². The van der Waals surface area contributed by atoms with Gasteiger partial charge < -0.3 is 36.1 Å². The predicted octanol–water partition coefficient (Wildman–Crippen LogP) is 2.43. The van der Waals surface area contributed by atoms with Gasteiger partial charge in [-0.2, -0.15) is 0 Å². The largest absolute Gasteiger partial charge is 0.458 e. The minimum absolute atomic E-state index is 0.159. The van der Waals surface area contributed by atoms with Crippen molar-refractivity contribution in [2.75, 3.05) is 19.7 Å². The number of esters is 1. The Labute approximate surface area is 299 Å². The molecule has 4 amide bonds. The molecule has 0 unspecified atom stereocenters. The highest BCUT2D eigenvalue weighted by atomic mass is 16.6. The van der Waals surface area contributed by atoms with Crippen molar-refractivity contribution in [3.05, 3.63) is 108 Å². The summed E-state index contributed by atoms with van der Waals surface area (Å²) in [5, 5.41) is 8.29. The van der Waals surface area contributed by atoms with Crippen molar-refractivity contribution in [3.63, 3.8) is 0 Å². The molecule has 0 saturated carbocycles. The van der Waals surface area contributed by atoms with Gasteiger partial charge in [-0.25, -0.2) is 4.79 Å². The number of amides is 4. The van der Waals surface area contributed by atoms with Crippen molar-refractivity contribution in [2.24, 2.45) is 5.73 Å². The lowest BCUT2D eigenvalue weighted by Crippen LogP contribution is -2.59. The minimum Gasteiger partial charge on any atom is -0.458 e. The molecule has 0 aromatic heterocycles. The number of hydrogen-bond donors (Lipinski definition) is 4. The Bertz CT molecular complexity index is 1600. The van der Waals surface area contributed by atoms with E-state index >= 15 is 0 Å². The van der Waals surface area contributed by atoms with Gasteiger partial charge in [-0.3, -0.25) is 19.2 Å². The summed E-state index contributed by atoms with van der Waals surface area (Å²) in [4.78, 5) is 68.9. The first kappa shape index (κ1) is 38.7. The number of nitrogens with one attached hydrogen (secondary N) is 3. The van der Waals surface area contributed by atoms with Gasteiger partial charge in [0, 0.05) is 19.4 Å². The van der Waals surface area contributed by atoms with E-state index in [1.54, 1.807) is 20.8 Å². The molecule has 1 fully saturated rings. The molecule has 0 spiro atoms. The number of nitrogens with two attached hydrogens (primary N) is 1. The molecule has 12 nitrogen and oxygen atoms in total. The molecule has 1 aliphatic rings. The first-order chi connectivity index (χ1) is 24.4. The zero-order chi connectivity index (χ0) is 36.8. The highest BCUT2D eigenvalue weighted by Gasteiger charge is 2.40. The molecule has 3 aromatic rings. The fourth-order valence-electron chi connectivity index (χ4n) is 5.82. The van der Waals surface area contributed by atoms with Gasteiger partial charge >= 0.3 is 5.97 Å². The topological polar surface area (TPSA) is 169 Å². The Morgan fingerprint density at radius 3 is 1.86 bits per heavy atom. The SMILES string of the molecule is CC(C)(C)OC(=O)[C@H](Cc1ccccc1)NC(=O)[C@@H]1CCCN1C(=O)[C@H](COCc1ccccc1)NC(=O)[C@H](Cc1ccccc1)NC(=O)CN. The van der Waals surface area contributed by atoms with Crippen LogP contribution in [0.5, 0.6) is 0 Å². The van der Waals surface area contributed by atoms with Gasteiger partial charge in [0.1, 0.15) is 29.8 Å². The summed E-state index contributed by atoms with van der Waals surface area (Å²) in [5.74, 6) is -2.73. The van der Waals surface area contributed by atoms with Crippen LogP contribution in [0.15, 0.2) is 91.0 Å². The van der Waals surface area contributed by atoms with E-state index in [-0.39, 0.29) is 39.1 Å². The second kappa shape index (κ2) is 18.8. The van der Waals surface area contributed by atoms with Crippen LogP contribution in [0.4, 0.5) is 0 Å². The van der Waals surface area contributed by atoms with E-state index in [1.807, 2.05) is 91.0 Å². The first-order valence-electron chi connectivity index (χ1n) is 17.3. The Morgan fingerprint density at radius 2 is 1.31 bits per heavy atom. The molecular formula is C39H49N5O7. The summed E-state index contributed by atoms with van der Waals surface area (Å²) in [5.41, 5.74) is 7.27. The third-order valence-corrected chi connectivity index (χ3v) is 8.26. The summed E-state index contributed by atoms with van der Waals surface area (Å²) >= 11 is 0. The lowest BCUT2D eigenvalue weighted by Gasteiger charge is -2.31. The van der Waals surface area contributed by atoms with Crippen molar-refractivity contribution >= 4 is 29.6 Å². The number of rotatable bonds is 16. The Hall–Kier alpha value is -5.07. The third-order valence-electron chi connectivity index (χ3n) is 8.26. The highest BCUT2D eigenvalue weighted by molar-refractivity contribution is 5.95. The van der Waals surface area contributed by atoms with Crippen molar-refractivity contribution < 1.29 is 33.4 Å². The Kier molecular flexibility index (Phi) is 14.3. The Balaban J connectivity index is 1.54. The summed E-state index contributed by atoms with van der Waals surface area (Å²) in [6, 6.07) is 23.7. The van der Waals surface area contributed by atoms with E-state index in [9.17, 15) is 24.0 Å². The molecule has 51 heavy (non-hydrogen) atoms. The highest BCUT2D eigenvalue weighted by Crippen LogP contribution is 2.20. The quantitative estimate of drug-likeness (QED) is 0.165. The van der Waals surface area contributed by atoms with Gasteiger partial charge in [0.2, 0.25) is 23.6 Å². The van der Waals surface area contributed by atoms with Crippen molar-refractivity contribution in [1.82, 2.24) is 20.9 Å². The van der Waals surface area contributed by atoms with Crippen LogP contribution in [-0.4, -0.2) is 84.0 Å². The monoisotopic (exact) mass is 699 g/mol. The number of nitrogens with zero attached hydrogens (tertiary/aromatic N) is 1. The maximum atomic E-state index is 14.2. The molecule has 12 heteroatoms. The van der Waals surface area contributed by atoms with E-state index in [0.29, 0.717) is 12.8 Å². The molecule has 3 aromatic carbocycles. The first-order valence-corrected chi connectivity index (χ1v) is 17.3. The van der Waals surface area contributed by atoms with Gasteiger partial charge in [0.05, 0.1) is 19.8 Å². The van der Waals surface area contributed by atoms with Gasteiger partial charge in [0.15, 0.2) is 0 Å². The van der Waals surface area contributed by atoms with Crippen LogP contribution in [0.3, 0.4) is 0 Å². The Morgan fingerprint density at radius 1 is 0.765 bits per heavy atom. The smallest absolute Gasteiger partial charge is 0.329 e. The lowest BCUT2D eigenvalue weighted by molar-refractivity contribution is -0.159. The standard InChI is InChI=1S/C39H49N5O7/c1-39(2,3)51-38(49)31(23-28-16-9-5-10-17-28)42-36(47)33-20-13-21-44(33)37(48)32(26-50-25-29-18-11-6-12-19-29)43-35(46)30(41-34(45)24-40)22-27-14-7-4-8-15-27/h4-12,14-19,30-33H,13,20-26,40H2,1-3H3,(H,41,45)(H,42,47)(H,43,46)/t30-,31-,32-,33-/m0/s1. The molecule has 4 atom stereocenters. The summed E-state index contributed by atoms with van der Waals surface area (Å²) in [6.45, 7) is 5.19. The van der Waals surface area contributed by atoms with Crippen LogP contribution < -0.4 is 21.7 Å². The van der Waals surface area contributed by atoms with Crippen LogP contribution in [0.25, 0.3) is 0 Å². The van der Waals surface area contributed by atoms with Crippen molar-refractivity contribution in [2.45, 2.75) is 82.8 Å². The van der Waals surface area contributed by atoms with E-state index in [4.69, 9.17) is 15.2 Å². The van der Waals surface area contributed by atoms with E-state index in [2.05, 4.69) is 16.0 Å². The van der Waals surface area contributed by atoms with E-state index < -0.39 is 59.4 Å². The minimum atomic E-state index is -1.19. The van der Waals surface area contributed by atoms with Gasteiger partial charge in [-0.1, -0.05) is 91.0 Å². The van der Waals surface area contributed by atoms with Crippen LogP contribution in [-0.2, 0) is 52.9 Å². The summed E-state index contributed by atoms with van der Waals surface area (Å²) in [7, 11) is 0. The fourth-order valence-corrected chi connectivity index (χ4v) is 5.82. The van der Waals surface area contributed by atoms with Crippen molar-refractivity contribution in [1.29, 1.82) is 0 Å². The predicted molar refractivity (Wildman–Crippen MR) is 192 cm³/mol. The average Bonchev–Trinajstić information content (AvgIpc) is 3.61. The maximum absolute atomic E-state index is 14.2. The van der Waals surface area contributed by atoms with Gasteiger partial charge in [-0.05, 0) is 50.3 Å². The molecule has 5 N–H and O–H groups in total. The molecule has 0 bridgehead atoms. The van der Waals surface area contributed by atoms with E-state index in [1.165, 1.54) is 4.90 Å². The number of hydrogen-bond acceptors (Lipinski definition) is 8. The lowest BCUT2D eigenvalue weighted by atomic mass is 10.0. The normalized spacial score (nSPS) is 16.0. The zero-order valence-electron chi connectivity index (χ0n) is 29.5. The van der Waals surface area contributed by atoms with Gasteiger partial charge in [0.25, 0.3) is 0 Å². The average molecular weight is 700 g/mol. The van der Waals surface area contributed by atoms with Crippen LogP contribution >= 0.6 is 0 Å². The number of benzene rings is 3.